The van der Waals surface area contributed by atoms with Gasteiger partial charge in [-0.05, 0) is 18.4 Å². The number of ether oxygens (including phenoxy) is 1. The summed E-state index contributed by atoms with van der Waals surface area (Å²) in [6.45, 7) is 5.80. The van der Waals surface area contributed by atoms with Gasteiger partial charge in [0.25, 0.3) is 11.5 Å². The highest BCUT2D eigenvalue weighted by molar-refractivity contribution is 5.92. The number of piperazine rings is 1. The van der Waals surface area contributed by atoms with Crippen molar-refractivity contribution in [3.05, 3.63) is 28.2 Å². The van der Waals surface area contributed by atoms with Gasteiger partial charge >= 0.3 is 5.97 Å². The molecule has 1 saturated carbocycles. The van der Waals surface area contributed by atoms with E-state index in [0.717, 1.165) is 19.5 Å². The summed E-state index contributed by atoms with van der Waals surface area (Å²) >= 11 is 0. The van der Waals surface area contributed by atoms with Gasteiger partial charge in [0, 0.05) is 45.8 Å². The van der Waals surface area contributed by atoms with Crippen LogP contribution in [0.2, 0.25) is 0 Å². The lowest BCUT2D eigenvalue weighted by Crippen LogP contribution is -2.49. The Kier molecular flexibility index (Phi) is 5.17. The first-order valence-electron chi connectivity index (χ1n) is 8.68. The summed E-state index contributed by atoms with van der Waals surface area (Å²) in [6, 6.07) is 2.82. The molecule has 1 aliphatic heterocycles. The third kappa shape index (κ3) is 4.25. The second-order valence-corrected chi connectivity index (χ2v) is 6.80. The maximum Gasteiger partial charge on any atom is 0.309 e. The Morgan fingerprint density at radius 2 is 1.92 bits per heavy atom. The van der Waals surface area contributed by atoms with Gasteiger partial charge in [-0.25, -0.2) is 4.68 Å². The Balaban J connectivity index is 1.42. The normalized spacial score (nSPS) is 23.4. The highest BCUT2D eigenvalue weighted by Crippen LogP contribution is 2.38. The molecule has 2 heterocycles. The van der Waals surface area contributed by atoms with Crippen molar-refractivity contribution in [2.45, 2.75) is 13.3 Å². The third-order valence-corrected chi connectivity index (χ3v) is 4.90. The number of carbonyl (C=O) groups is 2. The molecule has 1 aromatic rings. The topological polar surface area (TPSA) is 84.7 Å². The van der Waals surface area contributed by atoms with Crippen LogP contribution >= 0.6 is 0 Å². The van der Waals surface area contributed by atoms with Crippen LogP contribution in [0.5, 0.6) is 0 Å². The minimum absolute atomic E-state index is 0.0814. The van der Waals surface area contributed by atoms with Gasteiger partial charge in [0.05, 0.1) is 5.92 Å². The minimum atomic E-state index is -0.239. The molecule has 1 aromatic heterocycles. The quantitative estimate of drug-likeness (QED) is 0.682. The van der Waals surface area contributed by atoms with Gasteiger partial charge < -0.3 is 9.64 Å². The van der Waals surface area contributed by atoms with Crippen LogP contribution in [0.1, 0.15) is 23.8 Å². The van der Waals surface area contributed by atoms with E-state index < -0.39 is 0 Å². The molecule has 25 heavy (non-hydrogen) atoms. The number of nitrogens with zero attached hydrogens (tertiary/aromatic N) is 4. The van der Waals surface area contributed by atoms with Crippen LogP contribution in [0, 0.1) is 11.8 Å². The molecule has 8 heteroatoms. The van der Waals surface area contributed by atoms with Crippen LogP contribution in [-0.2, 0) is 16.6 Å². The average molecular weight is 348 g/mol. The smallest absolute Gasteiger partial charge is 0.309 e. The first-order chi connectivity index (χ1) is 12.0. The zero-order valence-corrected chi connectivity index (χ0v) is 14.7. The van der Waals surface area contributed by atoms with Crippen LogP contribution in [0.25, 0.3) is 0 Å². The van der Waals surface area contributed by atoms with Crippen LogP contribution < -0.4 is 5.56 Å². The first-order valence-corrected chi connectivity index (χ1v) is 8.68. The van der Waals surface area contributed by atoms with Crippen molar-refractivity contribution >= 4 is 11.9 Å². The molecule has 0 aromatic carbocycles. The second-order valence-electron chi connectivity index (χ2n) is 6.80. The van der Waals surface area contributed by atoms with Crippen LogP contribution in [0.15, 0.2) is 16.9 Å². The van der Waals surface area contributed by atoms with Gasteiger partial charge in [0.2, 0.25) is 0 Å². The first kappa shape index (κ1) is 17.6. The molecule has 2 unspecified atom stereocenters. The molecular formula is C17H24N4O4. The standard InChI is InChI=1S/C17H24N4O4/c1-12-11-13(12)17(24)25-10-9-20-5-7-21(8-6-20)16(23)14-3-4-15(22)19(2)18-14/h3-4,12-13H,5-11H2,1-2H3. The SMILES string of the molecule is CC1CC1C(=O)OCCN1CCN(C(=O)c2ccc(=O)n(C)n2)CC1. The summed E-state index contributed by atoms with van der Waals surface area (Å²) in [5.41, 5.74) is 0.0412. The number of hydrogen-bond donors (Lipinski definition) is 0. The van der Waals surface area contributed by atoms with Gasteiger partial charge in [-0.3, -0.25) is 19.3 Å². The molecule has 1 amide bonds. The van der Waals surface area contributed by atoms with E-state index in [4.69, 9.17) is 4.74 Å². The lowest BCUT2D eigenvalue weighted by atomic mass is 10.2. The largest absolute Gasteiger partial charge is 0.464 e. The Labute approximate surface area is 146 Å². The maximum absolute atomic E-state index is 12.4. The van der Waals surface area contributed by atoms with E-state index in [1.54, 1.807) is 4.90 Å². The van der Waals surface area contributed by atoms with Gasteiger partial charge in [-0.15, -0.1) is 0 Å². The van der Waals surface area contributed by atoms with Crippen molar-refractivity contribution < 1.29 is 14.3 Å². The van der Waals surface area contributed by atoms with Crippen molar-refractivity contribution in [1.82, 2.24) is 19.6 Å². The predicted octanol–water partition coefficient (Wildman–Crippen LogP) is -0.263. The van der Waals surface area contributed by atoms with Gasteiger partial charge in [-0.1, -0.05) is 6.92 Å². The molecule has 0 spiro atoms. The van der Waals surface area contributed by atoms with Crippen LogP contribution in [0.3, 0.4) is 0 Å². The average Bonchev–Trinajstić information content (AvgIpc) is 3.34. The number of carbonyl (C=O) groups excluding carboxylic acids is 2. The van der Waals surface area contributed by atoms with Gasteiger partial charge in [0.15, 0.2) is 0 Å². The molecule has 8 nitrogen and oxygen atoms in total. The monoisotopic (exact) mass is 348 g/mol. The van der Waals surface area contributed by atoms with E-state index in [0.29, 0.717) is 32.2 Å². The number of esters is 1. The fourth-order valence-corrected chi connectivity index (χ4v) is 2.99. The highest BCUT2D eigenvalue weighted by Gasteiger charge is 2.40. The van der Waals surface area contributed by atoms with Crippen molar-refractivity contribution in [3.8, 4) is 0 Å². The van der Waals surface area contributed by atoms with Gasteiger partial charge in [-0.2, -0.15) is 5.10 Å². The number of aryl methyl sites for hydroxylation is 1. The summed E-state index contributed by atoms with van der Waals surface area (Å²) in [5.74, 6) is 0.323. The van der Waals surface area contributed by atoms with E-state index in [-0.39, 0.29) is 29.0 Å². The van der Waals surface area contributed by atoms with Crippen molar-refractivity contribution in [2.75, 3.05) is 39.3 Å². The Morgan fingerprint density at radius 1 is 1.24 bits per heavy atom. The fourth-order valence-electron chi connectivity index (χ4n) is 2.99. The third-order valence-electron chi connectivity index (χ3n) is 4.90. The second kappa shape index (κ2) is 7.35. The van der Waals surface area contributed by atoms with Gasteiger partial charge in [0.1, 0.15) is 12.3 Å². The fraction of sp³-hybridized carbons (Fsp3) is 0.647. The minimum Gasteiger partial charge on any atom is -0.464 e. The van der Waals surface area contributed by atoms with E-state index in [1.807, 2.05) is 0 Å². The predicted molar refractivity (Wildman–Crippen MR) is 90.1 cm³/mol. The number of amides is 1. The molecule has 0 bridgehead atoms. The summed E-state index contributed by atoms with van der Waals surface area (Å²) in [6.07, 6.45) is 0.943. The lowest BCUT2D eigenvalue weighted by molar-refractivity contribution is -0.146. The van der Waals surface area contributed by atoms with Crippen molar-refractivity contribution in [3.63, 3.8) is 0 Å². The molecule has 0 radical (unpaired) electrons. The Bertz CT molecular complexity index is 709. The maximum atomic E-state index is 12.4. The highest BCUT2D eigenvalue weighted by atomic mass is 16.5. The zero-order valence-electron chi connectivity index (χ0n) is 14.7. The molecule has 3 rings (SSSR count). The van der Waals surface area contributed by atoms with E-state index >= 15 is 0 Å². The number of hydrogen-bond acceptors (Lipinski definition) is 6. The summed E-state index contributed by atoms with van der Waals surface area (Å²) in [4.78, 5) is 39.4. The van der Waals surface area contributed by atoms with Crippen LogP contribution in [0.4, 0.5) is 0 Å². The number of rotatable bonds is 5. The van der Waals surface area contributed by atoms with E-state index in [9.17, 15) is 14.4 Å². The summed E-state index contributed by atoms with van der Waals surface area (Å²) in [5, 5.41) is 4.01. The molecule has 2 atom stereocenters. The molecule has 2 aliphatic rings. The molecule has 1 aliphatic carbocycles. The van der Waals surface area contributed by atoms with Crippen molar-refractivity contribution in [1.29, 1.82) is 0 Å². The summed E-state index contributed by atoms with van der Waals surface area (Å²) < 4.78 is 6.47. The summed E-state index contributed by atoms with van der Waals surface area (Å²) in [7, 11) is 1.53. The molecular weight excluding hydrogens is 324 g/mol. The molecule has 136 valence electrons. The lowest BCUT2D eigenvalue weighted by Gasteiger charge is -2.34. The van der Waals surface area contributed by atoms with E-state index in [1.165, 1.54) is 23.9 Å². The Morgan fingerprint density at radius 3 is 2.52 bits per heavy atom. The zero-order chi connectivity index (χ0) is 18.0. The molecule has 2 fully saturated rings. The van der Waals surface area contributed by atoms with Crippen molar-refractivity contribution in [2.24, 2.45) is 18.9 Å². The van der Waals surface area contributed by atoms with E-state index in [2.05, 4.69) is 16.9 Å². The molecule has 1 saturated heterocycles. The number of aromatic nitrogens is 2. The molecule has 0 N–H and O–H groups in total. The Hall–Kier alpha value is -2.22. The van der Waals surface area contributed by atoms with Crippen LogP contribution in [-0.4, -0.2) is 70.8 Å².